The van der Waals surface area contributed by atoms with Crippen molar-refractivity contribution in [3.63, 3.8) is 0 Å². The quantitative estimate of drug-likeness (QED) is 0.463. The minimum absolute atomic E-state index is 0.314. The monoisotopic (exact) mass is 253 g/mol. The summed E-state index contributed by atoms with van der Waals surface area (Å²) in [5.41, 5.74) is 2.47. The molecule has 0 aliphatic rings. The molecule has 7 nitrogen and oxygen atoms in total. The van der Waals surface area contributed by atoms with Crippen LogP contribution in [0.2, 0.25) is 0 Å². The zero-order valence-electron chi connectivity index (χ0n) is 9.08. The van der Waals surface area contributed by atoms with Crippen LogP contribution in [-0.2, 0) is 11.3 Å². The smallest absolute Gasteiger partial charge is 0.261 e. The number of nitrogens with two attached hydrogens (primary N) is 1. The van der Waals surface area contributed by atoms with Gasteiger partial charge in [-0.1, -0.05) is 0 Å². The van der Waals surface area contributed by atoms with E-state index in [2.05, 4.69) is 20.4 Å². The fourth-order valence-corrected chi connectivity index (χ4v) is 1.86. The lowest BCUT2D eigenvalue weighted by molar-refractivity contribution is 0.177. The third-order valence-corrected chi connectivity index (χ3v) is 2.57. The van der Waals surface area contributed by atoms with Crippen LogP contribution in [-0.4, -0.2) is 22.1 Å². The molecular formula is C9H11N5O2S. The number of nitrogens with one attached hydrogen (secondary N) is 1. The van der Waals surface area contributed by atoms with Crippen molar-refractivity contribution in [3.8, 4) is 0 Å². The topological polar surface area (TPSA) is 99.1 Å². The predicted molar refractivity (Wildman–Crippen MR) is 61.2 cm³/mol. The summed E-state index contributed by atoms with van der Waals surface area (Å²) in [6.07, 6.45) is 3.07. The normalized spacial score (nSPS) is 10.5. The Morgan fingerprint density at radius 1 is 1.53 bits per heavy atom. The number of oxazole rings is 1. The van der Waals surface area contributed by atoms with Crippen molar-refractivity contribution in [2.24, 2.45) is 5.84 Å². The van der Waals surface area contributed by atoms with Gasteiger partial charge in [0.2, 0.25) is 0 Å². The molecule has 17 heavy (non-hydrogen) atoms. The van der Waals surface area contributed by atoms with Crippen molar-refractivity contribution in [2.45, 2.75) is 16.9 Å². The molecule has 0 aromatic carbocycles. The number of hydrogen-bond donors (Lipinski definition) is 2. The Morgan fingerprint density at radius 2 is 2.41 bits per heavy atom. The molecule has 2 rings (SSSR count). The summed E-state index contributed by atoms with van der Waals surface area (Å²) >= 11 is 1.28. The van der Waals surface area contributed by atoms with E-state index >= 15 is 0 Å². The standard InChI is InChI=1S/C9H11N5O2S/c1-15-5-7-12-6(14-10)4-8(13-7)17-9-11-2-3-16-9/h2-4H,5,10H2,1H3,(H,12,13,14). The molecule has 8 heteroatoms. The number of nitrogens with zero attached hydrogens (tertiary/aromatic N) is 3. The maximum absolute atomic E-state index is 5.33. The fraction of sp³-hybridized carbons (Fsp3) is 0.222. The lowest BCUT2D eigenvalue weighted by Gasteiger charge is -2.05. The Kier molecular flexibility index (Phi) is 3.91. The van der Waals surface area contributed by atoms with Crippen LogP contribution in [0.4, 0.5) is 5.82 Å². The van der Waals surface area contributed by atoms with Crippen molar-refractivity contribution < 1.29 is 9.15 Å². The maximum Gasteiger partial charge on any atom is 0.261 e. The van der Waals surface area contributed by atoms with Crippen LogP contribution < -0.4 is 11.3 Å². The zero-order valence-corrected chi connectivity index (χ0v) is 9.90. The SMILES string of the molecule is COCc1nc(NN)cc(Sc2ncco2)n1. The van der Waals surface area contributed by atoms with E-state index in [9.17, 15) is 0 Å². The molecule has 0 radical (unpaired) electrons. The molecule has 2 aromatic rings. The summed E-state index contributed by atoms with van der Waals surface area (Å²) in [6, 6.07) is 1.70. The highest BCUT2D eigenvalue weighted by atomic mass is 32.2. The second kappa shape index (κ2) is 5.62. The van der Waals surface area contributed by atoms with Crippen LogP contribution in [0, 0.1) is 0 Å². The average molecular weight is 253 g/mol. The van der Waals surface area contributed by atoms with Crippen molar-refractivity contribution in [1.82, 2.24) is 15.0 Å². The average Bonchev–Trinajstić information content (AvgIpc) is 2.82. The van der Waals surface area contributed by atoms with Gasteiger partial charge < -0.3 is 14.6 Å². The van der Waals surface area contributed by atoms with Crippen LogP contribution in [0.1, 0.15) is 5.82 Å². The van der Waals surface area contributed by atoms with Crippen molar-refractivity contribution in [2.75, 3.05) is 12.5 Å². The lowest BCUT2D eigenvalue weighted by Crippen LogP contribution is -2.11. The molecule has 0 aliphatic carbocycles. The van der Waals surface area contributed by atoms with Crippen LogP contribution >= 0.6 is 11.8 Å². The molecule has 2 heterocycles. The number of aromatic nitrogens is 3. The number of rotatable bonds is 5. The van der Waals surface area contributed by atoms with Gasteiger partial charge in [-0.15, -0.1) is 0 Å². The number of hydrazine groups is 1. The molecule has 90 valence electrons. The molecule has 0 aliphatic heterocycles. The van der Waals surface area contributed by atoms with E-state index < -0.39 is 0 Å². The van der Waals surface area contributed by atoms with Gasteiger partial charge in [-0.25, -0.2) is 20.8 Å². The largest absolute Gasteiger partial charge is 0.440 e. The highest BCUT2D eigenvalue weighted by molar-refractivity contribution is 7.99. The van der Waals surface area contributed by atoms with E-state index in [-0.39, 0.29) is 0 Å². The Hall–Kier alpha value is -1.64. The molecule has 0 atom stereocenters. The molecule has 0 amide bonds. The first-order valence-corrected chi connectivity index (χ1v) is 5.54. The van der Waals surface area contributed by atoms with Crippen LogP contribution in [0.5, 0.6) is 0 Å². The lowest BCUT2D eigenvalue weighted by atomic mass is 10.5. The molecular weight excluding hydrogens is 242 g/mol. The number of hydrogen-bond acceptors (Lipinski definition) is 8. The van der Waals surface area contributed by atoms with E-state index in [0.717, 1.165) is 0 Å². The van der Waals surface area contributed by atoms with Gasteiger partial charge in [-0.3, -0.25) is 0 Å². The summed E-state index contributed by atoms with van der Waals surface area (Å²) in [5.74, 6) is 6.38. The van der Waals surface area contributed by atoms with Gasteiger partial charge in [0, 0.05) is 13.2 Å². The van der Waals surface area contributed by atoms with Gasteiger partial charge in [0.05, 0.1) is 6.20 Å². The maximum atomic E-state index is 5.33. The highest BCUT2D eigenvalue weighted by Crippen LogP contribution is 2.25. The Labute approximate surface area is 102 Å². The van der Waals surface area contributed by atoms with Gasteiger partial charge in [0.25, 0.3) is 5.22 Å². The summed E-state index contributed by atoms with van der Waals surface area (Å²) in [7, 11) is 1.58. The first-order chi connectivity index (χ1) is 8.31. The first kappa shape index (κ1) is 11.8. The number of nitrogen functional groups attached to an aromatic ring is 1. The minimum atomic E-state index is 0.314. The van der Waals surface area contributed by atoms with Crippen molar-refractivity contribution in [1.29, 1.82) is 0 Å². The molecule has 2 aromatic heterocycles. The second-order valence-electron chi connectivity index (χ2n) is 2.99. The van der Waals surface area contributed by atoms with Gasteiger partial charge in [0.1, 0.15) is 23.7 Å². The molecule has 0 unspecified atom stereocenters. The van der Waals surface area contributed by atoms with Crippen LogP contribution in [0.25, 0.3) is 0 Å². The van der Waals surface area contributed by atoms with E-state index in [1.165, 1.54) is 18.0 Å². The van der Waals surface area contributed by atoms with E-state index in [1.807, 2.05) is 0 Å². The fourth-order valence-electron chi connectivity index (χ4n) is 1.14. The molecule has 0 bridgehead atoms. The Morgan fingerprint density at radius 3 is 3.06 bits per heavy atom. The summed E-state index contributed by atoms with van der Waals surface area (Å²) < 4.78 is 10.1. The van der Waals surface area contributed by atoms with Crippen LogP contribution in [0.3, 0.4) is 0 Å². The summed E-state index contributed by atoms with van der Waals surface area (Å²) in [5, 5.41) is 1.19. The minimum Gasteiger partial charge on any atom is -0.440 e. The Balaban J connectivity index is 2.23. The molecule has 3 N–H and O–H groups in total. The predicted octanol–water partition coefficient (Wildman–Crippen LogP) is 1.05. The second-order valence-corrected chi connectivity index (χ2v) is 3.96. The van der Waals surface area contributed by atoms with Gasteiger partial charge in [-0.2, -0.15) is 0 Å². The third-order valence-electron chi connectivity index (χ3n) is 1.77. The molecule has 0 fully saturated rings. The van der Waals surface area contributed by atoms with Gasteiger partial charge >= 0.3 is 0 Å². The summed E-state index contributed by atoms with van der Waals surface area (Å²) in [6.45, 7) is 0.314. The van der Waals surface area contributed by atoms with Gasteiger partial charge in [0.15, 0.2) is 5.82 Å². The number of anilines is 1. The van der Waals surface area contributed by atoms with Crippen molar-refractivity contribution in [3.05, 3.63) is 24.4 Å². The Bertz CT molecular complexity index is 476. The number of ether oxygens (including phenoxy) is 1. The van der Waals surface area contributed by atoms with Crippen molar-refractivity contribution >= 4 is 17.6 Å². The van der Waals surface area contributed by atoms with Gasteiger partial charge in [-0.05, 0) is 11.8 Å². The first-order valence-electron chi connectivity index (χ1n) is 4.72. The molecule has 0 spiro atoms. The zero-order chi connectivity index (χ0) is 12.1. The molecule has 0 saturated carbocycles. The van der Waals surface area contributed by atoms with E-state index in [0.29, 0.717) is 28.5 Å². The third kappa shape index (κ3) is 3.16. The molecule has 0 saturated heterocycles. The highest BCUT2D eigenvalue weighted by Gasteiger charge is 2.08. The van der Waals surface area contributed by atoms with E-state index in [1.54, 1.807) is 19.4 Å². The van der Waals surface area contributed by atoms with Crippen LogP contribution in [0.15, 0.2) is 33.2 Å². The summed E-state index contributed by atoms with van der Waals surface area (Å²) in [4.78, 5) is 12.4. The van der Waals surface area contributed by atoms with E-state index in [4.69, 9.17) is 15.0 Å². The number of methoxy groups -OCH3 is 1.